The summed E-state index contributed by atoms with van der Waals surface area (Å²) in [6.45, 7) is 2.99. The van der Waals surface area contributed by atoms with Crippen LogP contribution < -0.4 is 4.72 Å². The van der Waals surface area contributed by atoms with E-state index < -0.39 is 5.97 Å². The molecular weight excluding hydrogens is 374 g/mol. The van der Waals surface area contributed by atoms with Crippen molar-refractivity contribution in [1.29, 1.82) is 0 Å². The number of carbonyl (C=O) groups is 2. The lowest BCUT2D eigenvalue weighted by molar-refractivity contribution is -0.137. The number of aliphatic carboxylic acids is 1. The number of fused-ring (bicyclic) bond motifs is 3. The summed E-state index contributed by atoms with van der Waals surface area (Å²) in [6.07, 6.45) is 0.639. The van der Waals surface area contributed by atoms with Gasteiger partial charge in [0, 0.05) is 46.6 Å². The minimum atomic E-state index is -0.863. The van der Waals surface area contributed by atoms with E-state index in [2.05, 4.69) is 4.72 Å². The molecule has 1 aliphatic rings. The number of urea groups is 1. The van der Waals surface area contributed by atoms with Crippen molar-refractivity contribution in [3.05, 3.63) is 65.4 Å². The van der Waals surface area contributed by atoms with E-state index in [-0.39, 0.29) is 12.6 Å². The zero-order chi connectivity index (χ0) is 19.7. The number of amides is 2. The van der Waals surface area contributed by atoms with Crippen LogP contribution in [0.4, 0.5) is 4.79 Å². The van der Waals surface area contributed by atoms with Crippen LogP contribution >= 0.6 is 11.9 Å². The first-order chi connectivity index (χ1) is 13.5. The van der Waals surface area contributed by atoms with Crippen molar-refractivity contribution >= 4 is 34.9 Å². The number of carboxylic acid groups (broad SMARTS) is 1. The quantitative estimate of drug-likeness (QED) is 0.659. The maximum Gasteiger partial charge on any atom is 0.327 e. The highest BCUT2D eigenvalue weighted by molar-refractivity contribution is 7.98. The molecule has 4 rings (SSSR count). The Hall–Kier alpha value is -2.93. The van der Waals surface area contributed by atoms with Crippen molar-refractivity contribution in [2.45, 2.75) is 31.3 Å². The van der Waals surface area contributed by atoms with E-state index in [1.807, 2.05) is 60.0 Å². The molecule has 0 radical (unpaired) electrons. The molecule has 2 amide bonds. The summed E-state index contributed by atoms with van der Waals surface area (Å²) in [5.41, 5.74) is 4.11. The molecule has 1 aliphatic heterocycles. The van der Waals surface area contributed by atoms with Gasteiger partial charge < -0.3 is 14.6 Å². The fraction of sp³-hybridized carbons (Fsp3) is 0.238. The molecule has 3 aromatic rings. The summed E-state index contributed by atoms with van der Waals surface area (Å²) < 4.78 is 4.78. The number of carbonyl (C=O) groups excluding carboxylic acids is 1. The number of nitrogens with zero attached hydrogens (tertiary/aromatic N) is 2. The lowest BCUT2D eigenvalue weighted by Gasteiger charge is -2.28. The molecule has 0 bridgehead atoms. The van der Waals surface area contributed by atoms with E-state index >= 15 is 0 Å². The lowest BCUT2D eigenvalue weighted by Crippen LogP contribution is -2.40. The third kappa shape index (κ3) is 3.57. The van der Waals surface area contributed by atoms with E-state index in [0.717, 1.165) is 32.6 Å². The summed E-state index contributed by atoms with van der Waals surface area (Å²) in [5.74, 6) is -0.863. The topological polar surface area (TPSA) is 74.6 Å². The first-order valence-corrected chi connectivity index (χ1v) is 9.94. The zero-order valence-corrected chi connectivity index (χ0v) is 16.3. The van der Waals surface area contributed by atoms with Crippen LogP contribution in [-0.2, 0) is 24.3 Å². The first-order valence-electron chi connectivity index (χ1n) is 9.12. The number of para-hydroxylation sites is 1. The second kappa shape index (κ2) is 7.59. The molecular formula is C21H21N3O3S. The Bertz CT molecular complexity index is 1060. The summed E-state index contributed by atoms with van der Waals surface area (Å²) in [5, 5.41) is 10.3. The Kier molecular flexibility index (Phi) is 5.00. The Labute approximate surface area is 167 Å². The summed E-state index contributed by atoms with van der Waals surface area (Å²) >= 11 is 1.31. The van der Waals surface area contributed by atoms with Gasteiger partial charge in [-0.2, -0.15) is 0 Å². The molecule has 0 saturated carbocycles. The van der Waals surface area contributed by atoms with Crippen molar-refractivity contribution in [2.75, 3.05) is 6.54 Å². The average Bonchev–Trinajstić information content (AvgIpc) is 2.99. The van der Waals surface area contributed by atoms with Crippen molar-refractivity contribution in [3.8, 4) is 0 Å². The Morgan fingerprint density at radius 2 is 2.00 bits per heavy atom. The van der Waals surface area contributed by atoms with Gasteiger partial charge in [0.15, 0.2) is 0 Å². The predicted molar refractivity (Wildman–Crippen MR) is 109 cm³/mol. The molecule has 2 aromatic carbocycles. The molecule has 7 heteroatoms. The summed E-state index contributed by atoms with van der Waals surface area (Å²) in [6, 6.07) is 15.6. The Balaban J connectivity index is 1.54. The van der Waals surface area contributed by atoms with Crippen LogP contribution in [0.2, 0.25) is 0 Å². The van der Waals surface area contributed by atoms with Gasteiger partial charge in [-0.3, -0.25) is 9.52 Å². The SMILES string of the molecule is Cc1cccc(SNC(=O)N2CCc3c(c4ccccc4n3CC(=O)O)C2)c1. The minimum Gasteiger partial charge on any atom is -0.480 e. The largest absolute Gasteiger partial charge is 0.480 e. The van der Waals surface area contributed by atoms with Gasteiger partial charge in [0.25, 0.3) is 0 Å². The molecule has 2 N–H and O–H groups in total. The van der Waals surface area contributed by atoms with Gasteiger partial charge in [-0.15, -0.1) is 0 Å². The number of hydrogen-bond acceptors (Lipinski definition) is 3. The lowest BCUT2D eigenvalue weighted by atomic mass is 10.0. The van der Waals surface area contributed by atoms with Gasteiger partial charge in [0.2, 0.25) is 0 Å². The van der Waals surface area contributed by atoms with Gasteiger partial charge in [0.05, 0.1) is 0 Å². The molecule has 28 heavy (non-hydrogen) atoms. The van der Waals surface area contributed by atoms with Crippen molar-refractivity contribution in [3.63, 3.8) is 0 Å². The standard InChI is InChI=1S/C21H21N3O3S/c1-14-5-4-6-15(11-14)28-22-21(27)23-10-9-19-17(12-23)16-7-2-3-8-18(16)24(19)13-20(25)26/h2-8,11H,9-10,12-13H2,1H3,(H,22,27)(H,25,26). The van der Waals surface area contributed by atoms with Crippen LogP contribution in [0.15, 0.2) is 53.4 Å². The number of aromatic nitrogens is 1. The number of benzene rings is 2. The molecule has 6 nitrogen and oxygen atoms in total. The molecule has 0 unspecified atom stereocenters. The molecule has 2 heterocycles. The van der Waals surface area contributed by atoms with E-state index in [1.54, 1.807) is 4.90 Å². The average molecular weight is 395 g/mol. The van der Waals surface area contributed by atoms with E-state index in [4.69, 9.17) is 0 Å². The van der Waals surface area contributed by atoms with E-state index in [1.165, 1.54) is 11.9 Å². The van der Waals surface area contributed by atoms with Crippen molar-refractivity contribution in [1.82, 2.24) is 14.2 Å². The molecule has 0 spiro atoms. The van der Waals surface area contributed by atoms with Crippen LogP contribution in [0.5, 0.6) is 0 Å². The third-order valence-corrected chi connectivity index (χ3v) is 5.75. The van der Waals surface area contributed by atoms with Crippen LogP contribution in [0.3, 0.4) is 0 Å². The van der Waals surface area contributed by atoms with E-state index in [9.17, 15) is 14.7 Å². The predicted octanol–water partition coefficient (Wildman–Crippen LogP) is 3.81. The zero-order valence-electron chi connectivity index (χ0n) is 15.5. The van der Waals surface area contributed by atoms with Crippen molar-refractivity contribution in [2.24, 2.45) is 0 Å². The monoisotopic (exact) mass is 395 g/mol. The maximum absolute atomic E-state index is 12.7. The fourth-order valence-electron chi connectivity index (χ4n) is 3.74. The van der Waals surface area contributed by atoms with E-state index in [0.29, 0.717) is 19.5 Å². The number of aryl methyl sites for hydroxylation is 1. The van der Waals surface area contributed by atoms with Gasteiger partial charge >= 0.3 is 12.0 Å². The van der Waals surface area contributed by atoms with Gasteiger partial charge in [-0.25, -0.2) is 4.79 Å². The number of hydrogen-bond donors (Lipinski definition) is 2. The van der Waals surface area contributed by atoms with Gasteiger partial charge in [-0.05, 0) is 42.6 Å². The van der Waals surface area contributed by atoms with Crippen LogP contribution in [0.1, 0.15) is 16.8 Å². The van der Waals surface area contributed by atoms with Crippen LogP contribution in [-0.4, -0.2) is 33.1 Å². The number of rotatable bonds is 4. The van der Waals surface area contributed by atoms with Crippen LogP contribution in [0.25, 0.3) is 10.9 Å². The second-order valence-electron chi connectivity index (χ2n) is 6.92. The molecule has 0 fully saturated rings. The maximum atomic E-state index is 12.7. The molecule has 0 atom stereocenters. The Morgan fingerprint density at radius 3 is 2.79 bits per heavy atom. The summed E-state index contributed by atoms with van der Waals surface area (Å²) in [4.78, 5) is 26.8. The number of nitrogens with one attached hydrogen (secondary N) is 1. The molecule has 144 valence electrons. The highest BCUT2D eigenvalue weighted by Gasteiger charge is 2.27. The minimum absolute atomic E-state index is 0.0642. The van der Waals surface area contributed by atoms with Crippen molar-refractivity contribution < 1.29 is 14.7 Å². The Morgan fingerprint density at radius 1 is 1.18 bits per heavy atom. The highest BCUT2D eigenvalue weighted by atomic mass is 32.2. The highest BCUT2D eigenvalue weighted by Crippen LogP contribution is 2.31. The second-order valence-corrected chi connectivity index (χ2v) is 7.80. The van der Waals surface area contributed by atoms with Gasteiger partial charge in [-0.1, -0.05) is 30.3 Å². The number of carboxylic acids is 1. The smallest absolute Gasteiger partial charge is 0.327 e. The summed E-state index contributed by atoms with van der Waals surface area (Å²) in [7, 11) is 0. The first kappa shape index (κ1) is 18.4. The van der Waals surface area contributed by atoms with Gasteiger partial charge in [0.1, 0.15) is 6.54 Å². The normalized spacial score (nSPS) is 13.4. The fourth-order valence-corrected chi connectivity index (χ4v) is 4.46. The molecule has 0 aliphatic carbocycles. The third-order valence-electron chi connectivity index (χ3n) is 4.99. The van der Waals surface area contributed by atoms with Crippen LogP contribution in [0, 0.1) is 6.92 Å². The molecule has 0 saturated heterocycles. The molecule has 1 aromatic heterocycles.